The van der Waals surface area contributed by atoms with Gasteiger partial charge in [-0.2, -0.15) is 5.10 Å². The van der Waals surface area contributed by atoms with Gasteiger partial charge in [-0.3, -0.25) is 25.3 Å². The summed E-state index contributed by atoms with van der Waals surface area (Å²) >= 11 is 0. The first-order valence-electron chi connectivity index (χ1n) is 7.59. The lowest BCUT2D eigenvalue weighted by atomic mass is 10.1. The van der Waals surface area contributed by atoms with Crippen LogP contribution in [0.2, 0.25) is 0 Å². The maximum atomic E-state index is 11.4. The van der Waals surface area contributed by atoms with Crippen LogP contribution in [-0.2, 0) is 0 Å². The molecule has 1 aromatic heterocycles. The summed E-state index contributed by atoms with van der Waals surface area (Å²) in [7, 11) is 0. The summed E-state index contributed by atoms with van der Waals surface area (Å²) < 4.78 is 0. The van der Waals surface area contributed by atoms with Crippen molar-refractivity contribution in [2.24, 2.45) is 0 Å². The lowest BCUT2D eigenvalue weighted by molar-refractivity contribution is -0.393. The van der Waals surface area contributed by atoms with Crippen LogP contribution in [0.4, 0.5) is 17.1 Å². The first-order valence-corrected chi connectivity index (χ1v) is 7.59. The second-order valence-corrected chi connectivity index (χ2v) is 5.48. The highest BCUT2D eigenvalue weighted by molar-refractivity contribution is 5.66. The molecule has 1 heterocycles. The number of nitrogens with zero attached hydrogens (tertiary/aromatic N) is 4. The van der Waals surface area contributed by atoms with Crippen molar-refractivity contribution < 1.29 is 9.85 Å². The highest BCUT2D eigenvalue weighted by atomic mass is 16.6. The molecular formula is C16H14N6O4. The minimum absolute atomic E-state index is 0.136. The average molecular weight is 354 g/mol. The van der Waals surface area contributed by atoms with E-state index in [0.29, 0.717) is 11.6 Å². The van der Waals surface area contributed by atoms with Gasteiger partial charge in [-0.05, 0) is 18.6 Å². The van der Waals surface area contributed by atoms with Gasteiger partial charge >= 0.3 is 0 Å². The Kier molecular flexibility index (Phi) is 4.56. The summed E-state index contributed by atoms with van der Waals surface area (Å²) in [4.78, 5) is 25.2. The molecule has 0 aliphatic carbocycles. The monoisotopic (exact) mass is 354 g/mol. The number of hydrogen-bond donors (Lipinski definition) is 2. The van der Waals surface area contributed by atoms with E-state index in [1.54, 1.807) is 6.92 Å². The minimum atomic E-state index is -0.677. The summed E-state index contributed by atoms with van der Waals surface area (Å²) in [5.74, 6) is 1.00. The maximum absolute atomic E-state index is 11.4. The Bertz CT molecular complexity index is 956. The van der Waals surface area contributed by atoms with Crippen molar-refractivity contribution >= 4 is 17.1 Å². The number of benzene rings is 2. The van der Waals surface area contributed by atoms with E-state index in [0.717, 1.165) is 11.6 Å². The second kappa shape index (κ2) is 6.97. The number of nitro groups is 2. The first-order chi connectivity index (χ1) is 12.5. The first kappa shape index (κ1) is 17.0. The summed E-state index contributed by atoms with van der Waals surface area (Å²) in [6.45, 7) is 1.74. The van der Waals surface area contributed by atoms with Gasteiger partial charge in [-0.15, -0.1) is 0 Å². The third-order valence-electron chi connectivity index (χ3n) is 3.69. The standard InChI is InChI=1S/C16H14N6O4/c1-10-17-16(20-19-10)15(11-5-3-2-4-6-11)18-13-8-7-12(21(23)24)9-14(13)22(25)26/h2-9,15,18H,1H3,(H,17,19,20). The maximum Gasteiger partial charge on any atom is 0.299 e. The summed E-state index contributed by atoms with van der Waals surface area (Å²) in [6.07, 6.45) is 0. The second-order valence-electron chi connectivity index (χ2n) is 5.48. The van der Waals surface area contributed by atoms with Gasteiger partial charge in [0.1, 0.15) is 17.6 Å². The van der Waals surface area contributed by atoms with Crippen LogP contribution in [0, 0.1) is 27.2 Å². The molecule has 0 saturated heterocycles. The molecule has 0 bridgehead atoms. The van der Waals surface area contributed by atoms with Crippen molar-refractivity contribution in [3.8, 4) is 0 Å². The van der Waals surface area contributed by atoms with Crippen LogP contribution in [0.1, 0.15) is 23.3 Å². The molecule has 2 aromatic carbocycles. The van der Waals surface area contributed by atoms with Crippen molar-refractivity contribution in [2.75, 3.05) is 5.32 Å². The molecule has 0 spiro atoms. The molecule has 0 amide bonds. The molecule has 0 radical (unpaired) electrons. The molecule has 132 valence electrons. The number of aryl methyl sites for hydroxylation is 1. The fourth-order valence-corrected chi connectivity index (χ4v) is 2.49. The number of hydrogen-bond acceptors (Lipinski definition) is 7. The molecule has 2 N–H and O–H groups in total. The Labute approximate surface area is 147 Å². The van der Waals surface area contributed by atoms with Crippen LogP contribution >= 0.6 is 0 Å². The fourth-order valence-electron chi connectivity index (χ4n) is 2.49. The molecule has 26 heavy (non-hydrogen) atoms. The number of H-pyrrole nitrogens is 1. The number of anilines is 1. The van der Waals surface area contributed by atoms with Crippen LogP contribution in [0.3, 0.4) is 0 Å². The van der Waals surface area contributed by atoms with Crippen LogP contribution in [-0.4, -0.2) is 25.0 Å². The van der Waals surface area contributed by atoms with Gasteiger partial charge in [0.05, 0.1) is 15.9 Å². The van der Waals surface area contributed by atoms with E-state index in [-0.39, 0.29) is 11.4 Å². The molecule has 3 aromatic rings. The van der Waals surface area contributed by atoms with Crippen molar-refractivity contribution in [1.82, 2.24) is 15.2 Å². The summed E-state index contributed by atoms with van der Waals surface area (Å²) in [6, 6.07) is 12.0. The Morgan fingerprint density at radius 3 is 2.38 bits per heavy atom. The number of aromatic amines is 1. The molecule has 10 heteroatoms. The van der Waals surface area contributed by atoms with Crippen molar-refractivity contribution in [1.29, 1.82) is 0 Å². The Balaban J connectivity index is 2.05. The smallest absolute Gasteiger partial charge is 0.299 e. The zero-order chi connectivity index (χ0) is 18.7. The molecule has 10 nitrogen and oxygen atoms in total. The lowest BCUT2D eigenvalue weighted by Gasteiger charge is -2.17. The van der Waals surface area contributed by atoms with Crippen LogP contribution in [0.25, 0.3) is 0 Å². The van der Waals surface area contributed by atoms with Gasteiger partial charge in [-0.25, -0.2) is 4.98 Å². The predicted octanol–water partition coefficient (Wildman–Crippen LogP) is 3.13. The van der Waals surface area contributed by atoms with E-state index in [1.807, 2.05) is 30.3 Å². The molecule has 1 unspecified atom stereocenters. The Morgan fingerprint density at radius 2 is 1.81 bits per heavy atom. The number of non-ortho nitro benzene ring substituents is 1. The highest BCUT2D eigenvalue weighted by Gasteiger charge is 2.25. The highest BCUT2D eigenvalue weighted by Crippen LogP contribution is 2.33. The van der Waals surface area contributed by atoms with E-state index < -0.39 is 21.6 Å². The zero-order valence-electron chi connectivity index (χ0n) is 13.6. The van der Waals surface area contributed by atoms with E-state index in [1.165, 1.54) is 12.1 Å². The predicted molar refractivity (Wildman–Crippen MR) is 92.8 cm³/mol. The molecule has 3 rings (SSSR count). The van der Waals surface area contributed by atoms with E-state index in [2.05, 4.69) is 20.5 Å². The van der Waals surface area contributed by atoms with Crippen molar-refractivity contribution in [3.63, 3.8) is 0 Å². The summed E-state index contributed by atoms with van der Waals surface area (Å²) in [5.41, 5.74) is 0.177. The summed E-state index contributed by atoms with van der Waals surface area (Å²) in [5, 5.41) is 32.2. The quantitative estimate of drug-likeness (QED) is 0.512. The van der Waals surface area contributed by atoms with Gasteiger partial charge in [0.2, 0.25) is 0 Å². The SMILES string of the molecule is Cc1nc(C(Nc2ccc([N+](=O)[O-])cc2[N+](=O)[O-])c2ccccc2)n[nH]1. The molecule has 0 aliphatic heterocycles. The molecule has 0 fully saturated rings. The third kappa shape index (κ3) is 3.48. The molecule has 1 atom stereocenters. The lowest BCUT2D eigenvalue weighted by Crippen LogP contribution is -2.15. The third-order valence-corrected chi connectivity index (χ3v) is 3.69. The fraction of sp³-hybridized carbons (Fsp3) is 0.125. The normalized spacial score (nSPS) is 11.7. The minimum Gasteiger partial charge on any atom is -0.366 e. The number of nitrogens with one attached hydrogen (secondary N) is 2. The van der Waals surface area contributed by atoms with Gasteiger partial charge < -0.3 is 5.32 Å². The largest absolute Gasteiger partial charge is 0.366 e. The number of aromatic nitrogens is 3. The van der Waals surface area contributed by atoms with E-state index in [9.17, 15) is 20.2 Å². The molecule has 0 saturated carbocycles. The number of rotatable bonds is 6. The molecule has 0 aliphatic rings. The molecular weight excluding hydrogens is 340 g/mol. The van der Waals surface area contributed by atoms with Crippen molar-refractivity contribution in [2.45, 2.75) is 13.0 Å². The van der Waals surface area contributed by atoms with Crippen LogP contribution in [0.5, 0.6) is 0 Å². The van der Waals surface area contributed by atoms with Gasteiger partial charge in [0, 0.05) is 6.07 Å². The Hall–Kier alpha value is -3.82. The number of nitro benzene ring substituents is 2. The van der Waals surface area contributed by atoms with Crippen LogP contribution < -0.4 is 5.32 Å². The van der Waals surface area contributed by atoms with Gasteiger partial charge in [0.25, 0.3) is 11.4 Å². The average Bonchev–Trinajstić information content (AvgIpc) is 3.06. The van der Waals surface area contributed by atoms with Gasteiger partial charge in [0.15, 0.2) is 5.82 Å². The zero-order valence-corrected chi connectivity index (χ0v) is 13.6. The van der Waals surface area contributed by atoms with Crippen molar-refractivity contribution in [3.05, 3.63) is 86.0 Å². The van der Waals surface area contributed by atoms with Crippen LogP contribution in [0.15, 0.2) is 48.5 Å². The topological polar surface area (TPSA) is 140 Å². The van der Waals surface area contributed by atoms with Gasteiger partial charge in [-0.1, -0.05) is 30.3 Å². The van der Waals surface area contributed by atoms with E-state index in [4.69, 9.17) is 0 Å². The Morgan fingerprint density at radius 1 is 1.08 bits per heavy atom. The van der Waals surface area contributed by atoms with E-state index >= 15 is 0 Å².